The Morgan fingerprint density at radius 1 is 0.826 bits per heavy atom. The summed E-state index contributed by atoms with van der Waals surface area (Å²) in [5, 5.41) is 1.11. The summed E-state index contributed by atoms with van der Waals surface area (Å²) >= 11 is 0. The van der Waals surface area contributed by atoms with Crippen molar-refractivity contribution >= 4 is 16.8 Å². The molecule has 0 atom stereocenters. The Morgan fingerprint density at radius 2 is 1.52 bits per heavy atom. The Hall–Kier alpha value is -2.55. The van der Waals surface area contributed by atoms with Crippen LogP contribution in [0.5, 0.6) is 0 Å². The Labute approximate surface area is 136 Å². The van der Waals surface area contributed by atoms with Gasteiger partial charge in [-0.3, -0.25) is 4.79 Å². The fraction of sp³-hybridized carbons (Fsp3) is 0.250. The molecule has 1 saturated heterocycles. The summed E-state index contributed by atoms with van der Waals surface area (Å²) in [6, 6.07) is 20.4. The molecule has 0 aliphatic carbocycles. The van der Waals surface area contributed by atoms with Crippen LogP contribution in [0.4, 0.5) is 0 Å². The molecule has 1 aliphatic rings. The molecule has 2 aromatic carbocycles. The molecule has 0 N–H and O–H groups in total. The standard InChI is InChI=1S/C20H20N2O/c23-20(21-13-7-2-8-14-21)19-15-16-9-5-6-12-18(16)22(19)17-10-3-1-4-11-17/h1,3-6,9-12,15H,2,7-8,13-14H2. The molecule has 0 spiro atoms. The molecule has 0 saturated carbocycles. The molecule has 3 heteroatoms. The number of amides is 1. The molecule has 2 heterocycles. The second kappa shape index (κ2) is 5.92. The molecule has 4 rings (SSSR count). The summed E-state index contributed by atoms with van der Waals surface area (Å²) in [6.07, 6.45) is 3.44. The average Bonchev–Trinajstić information content (AvgIpc) is 3.02. The van der Waals surface area contributed by atoms with Crippen LogP contribution in [0.25, 0.3) is 16.6 Å². The van der Waals surface area contributed by atoms with E-state index >= 15 is 0 Å². The molecular formula is C20H20N2O. The molecule has 1 amide bonds. The van der Waals surface area contributed by atoms with Crippen molar-refractivity contribution in [2.45, 2.75) is 19.3 Å². The largest absolute Gasteiger partial charge is 0.337 e. The fourth-order valence-electron chi connectivity index (χ4n) is 3.43. The molecule has 1 aromatic heterocycles. The number of rotatable bonds is 2. The van der Waals surface area contributed by atoms with Gasteiger partial charge in [-0.25, -0.2) is 0 Å². The molecule has 0 unspecified atom stereocenters. The summed E-state index contributed by atoms with van der Waals surface area (Å²) in [7, 11) is 0. The molecule has 1 fully saturated rings. The lowest BCUT2D eigenvalue weighted by molar-refractivity contribution is 0.0716. The van der Waals surface area contributed by atoms with Gasteiger partial charge in [0.2, 0.25) is 0 Å². The maximum Gasteiger partial charge on any atom is 0.270 e. The lowest BCUT2D eigenvalue weighted by atomic mass is 10.1. The number of carbonyl (C=O) groups is 1. The zero-order valence-corrected chi connectivity index (χ0v) is 13.1. The van der Waals surface area contributed by atoms with Crippen molar-refractivity contribution in [2.75, 3.05) is 13.1 Å². The monoisotopic (exact) mass is 304 g/mol. The average molecular weight is 304 g/mol. The summed E-state index contributed by atoms with van der Waals surface area (Å²) in [5.41, 5.74) is 2.88. The van der Waals surface area contributed by atoms with Gasteiger partial charge in [-0.2, -0.15) is 0 Å². The van der Waals surface area contributed by atoms with Gasteiger partial charge in [0, 0.05) is 24.2 Å². The topological polar surface area (TPSA) is 25.2 Å². The molecule has 0 radical (unpaired) electrons. The first-order valence-corrected chi connectivity index (χ1v) is 8.30. The summed E-state index contributed by atoms with van der Waals surface area (Å²) < 4.78 is 2.09. The lowest BCUT2D eigenvalue weighted by Crippen LogP contribution is -2.36. The van der Waals surface area contributed by atoms with Gasteiger partial charge in [-0.15, -0.1) is 0 Å². The molecule has 116 valence electrons. The summed E-state index contributed by atoms with van der Waals surface area (Å²) in [5.74, 6) is 0.143. The van der Waals surface area contributed by atoms with Gasteiger partial charge in [0.05, 0.1) is 5.52 Å². The van der Waals surface area contributed by atoms with Crippen LogP contribution in [0, 0.1) is 0 Å². The summed E-state index contributed by atoms with van der Waals surface area (Å²) in [6.45, 7) is 1.74. The van der Waals surface area contributed by atoms with Crippen molar-refractivity contribution in [3.05, 3.63) is 66.4 Å². The van der Waals surface area contributed by atoms with E-state index in [4.69, 9.17) is 0 Å². The number of aromatic nitrogens is 1. The number of nitrogens with zero attached hydrogens (tertiary/aromatic N) is 2. The van der Waals surface area contributed by atoms with Crippen LogP contribution in [0.3, 0.4) is 0 Å². The molecule has 0 bridgehead atoms. The maximum atomic E-state index is 13.1. The third-order valence-electron chi connectivity index (χ3n) is 4.59. The van der Waals surface area contributed by atoms with Crippen LogP contribution < -0.4 is 0 Å². The zero-order valence-electron chi connectivity index (χ0n) is 13.1. The molecule has 23 heavy (non-hydrogen) atoms. The normalized spacial score (nSPS) is 15.0. The number of benzene rings is 2. The van der Waals surface area contributed by atoms with Crippen LogP contribution >= 0.6 is 0 Å². The second-order valence-corrected chi connectivity index (χ2v) is 6.11. The fourth-order valence-corrected chi connectivity index (χ4v) is 3.43. The highest BCUT2D eigenvalue weighted by Crippen LogP contribution is 2.26. The summed E-state index contributed by atoms with van der Waals surface area (Å²) in [4.78, 5) is 15.1. The zero-order chi connectivity index (χ0) is 15.6. The molecule has 3 nitrogen and oxygen atoms in total. The van der Waals surface area contributed by atoms with E-state index in [1.54, 1.807) is 0 Å². The van der Waals surface area contributed by atoms with Crippen molar-refractivity contribution in [3.63, 3.8) is 0 Å². The number of likely N-dealkylation sites (tertiary alicyclic amines) is 1. The highest BCUT2D eigenvalue weighted by atomic mass is 16.2. The van der Waals surface area contributed by atoms with Gasteiger partial charge in [0.1, 0.15) is 5.69 Å². The second-order valence-electron chi connectivity index (χ2n) is 6.11. The molecule has 3 aromatic rings. The SMILES string of the molecule is O=C(c1cc2ccccc2n1-c1ccccc1)N1CCCCC1. The lowest BCUT2D eigenvalue weighted by Gasteiger charge is -2.27. The maximum absolute atomic E-state index is 13.1. The highest BCUT2D eigenvalue weighted by molar-refractivity contribution is 6.00. The quantitative estimate of drug-likeness (QED) is 0.694. The third-order valence-corrected chi connectivity index (χ3v) is 4.59. The first-order valence-electron chi connectivity index (χ1n) is 8.30. The van der Waals surface area contributed by atoms with Crippen LogP contribution in [0.2, 0.25) is 0 Å². The van der Waals surface area contributed by atoms with Crippen molar-refractivity contribution in [3.8, 4) is 5.69 Å². The van der Waals surface area contributed by atoms with E-state index in [1.165, 1.54) is 6.42 Å². The number of hydrogen-bond acceptors (Lipinski definition) is 1. The van der Waals surface area contributed by atoms with E-state index in [0.717, 1.165) is 48.2 Å². The van der Waals surface area contributed by atoms with Gasteiger partial charge in [0.15, 0.2) is 0 Å². The number of fused-ring (bicyclic) bond motifs is 1. The van der Waals surface area contributed by atoms with E-state index in [1.807, 2.05) is 41.3 Å². The Morgan fingerprint density at radius 3 is 2.30 bits per heavy atom. The minimum absolute atomic E-state index is 0.143. The van der Waals surface area contributed by atoms with Gasteiger partial charge >= 0.3 is 0 Å². The Kier molecular flexibility index (Phi) is 3.62. The Balaban J connectivity index is 1.87. The first-order chi connectivity index (χ1) is 11.3. The van der Waals surface area contributed by atoms with Crippen molar-refractivity contribution in [1.82, 2.24) is 9.47 Å². The number of hydrogen-bond donors (Lipinski definition) is 0. The smallest absolute Gasteiger partial charge is 0.270 e. The molecular weight excluding hydrogens is 284 g/mol. The minimum atomic E-state index is 0.143. The van der Waals surface area contributed by atoms with Crippen LogP contribution in [0.15, 0.2) is 60.7 Å². The van der Waals surface area contributed by atoms with Gasteiger partial charge in [-0.1, -0.05) is 36.4 Å². The van der Waals surface area contributed by atoms with E-state index in [-0.39, 0.29) is 5.91 Å². The van der Waals surface area contributed by atoms with E-state index in [0.29, 0.717) is 0 Å². The van der Waals surface area contributed by atoms with Gasteiger partial charge in [-0.05, 0) is 43.5 Å². The van der Waals surface area contributed by atoms with Gasteiger partial charge in [0.25, 0.3) is 5.91 Å². The number of para-hydroxylation sites is 2. The molecule has 1 aliphatic heterocycles. The van der Waals surface area contributed by atoms with Gasteiger partial charge < -0.3 is 9.47 Å². The minimum Gasteiger partial charge on any atom is -0.337 e. The predicted molar refractivity (Wildman–Crippen MR) is 93.0 cm³/mol. The van der Waals surface area contributed by atoms with Crippen LogP contribution in [-0.4, -0.2) is 28.5 Å². The van der Waals surface area contributed by atoms with E-state index < -0.39 is 0 Å². The first kappa shape index (κ1) is 14.1. The highest BCUT2D eigenvalue weighted by Gasteiger charge is 2.23. The number of carbonyl (C=O) groups excluding carboxylic acids is 1. The van der Waals surface area contributed by atoms with Crippen molar-refractivity contribution < 1.29 is 4.79 Å². The van der Waals surface area contributed by atoms with E-state index in [9.17, 15) is 4.79 Å². The number of piperidine rings is 1. The van der Waals surface area contributed by atoms with Crippen LogP contribution in [0.1, 0.15) is 29.8 Å². The van der Waals surface area contributed by atoms with Crippen molar-refractivity contribution in [2.24, 2.45) is 0 Å². The van der Waals surface area contributed by atoms with E-state index in [2.05, 4.69) is 28.8 Å². The Bertz CT molecular complexity index is 829. The van der Waals surface area contributed by atoms with Crippen LogP contribution in [-0.2, 0) is 0 Å². The predicted octanol–water partition coefficient (Wildman–Crippen LogP) is 4.26. The third kappa shape index (κ3) is 2.52. The van der Waals surface area contributed by atoms with Crippen molar-refractivity contribution in [1.29, 1.82) is 0 Å².